The number of hydrogen-bond acceptors (Lipinski definition) is 2. The van der Waals surface area contributed by atoms with Crippen molar-refractivity contribution in [1.82, 2.24) is 0 Å². The highest BCUT2D eigenvalue weighted by molar-refractivity contribution is 4.90. The molecule has 0 aromatic rings. The van der Waals surface area contributed by atoms with Crippen molar-refractivity contribution in [3.8, 4) is 0 Å². The lowest BCUT2D eigenvalue weighted by Gasteiger charge is -2.29. The van der Waals surface area contributed by atoms with Crippen LogP contribution in [0.2, 0.25) is 0 Å². The topological polar surface area (TPSA) is 18.5 Å². The lowest BCUT2D eigenvalue weighted by molar-refractivity contribution is -0.228. The molecule has 0 aliphatic carbocycles. The Hall–Kier alpha value is -0.860. The Kier molecular flexibility index (Phi) is 15.4. The zero-order valence-corrected chi connectivity index (χ0v) is 15.9. The van der Waals surface area contributed by atoms with Gasteiger partial charge in [-0.25, -0.2) is 0 Å². The Labute approximate surface area is 144 Å². The lowest BCUT2D eigenvalue weighted by Crippen LogP contribution is -2.33. The van der Waals surface area contributed by atoms with Gasteiger partial charge in [-0.3, -0.25) is 0 Å². The van der Waals surface area contributed by atoms with Gasteiger partial charge >= 0.3 is 0 Å². The Bertz CT molecular complexity index is 321. The minimum Gasteiger partial charge on any atom is -0.350 e. The summed E-state index contributed by atoms with van der Waals surface area (Å²) in [7, 11) is 0. The van der Waals surface area contributed by atoms with E-state index in [1.165, 1.54) is 0 Å². The smallest absolute Gasteiger partial charge is 0.165 e. The van der Waals surface area contributed by atoms with Gasteiger partial charge in [-0.2, -0.15) is 0 Å². The van der Waals surface area contributed by atoms with Gasteiger partial charge in [0.25, 0.3) is 0 Å². The first-order valence-electron chi connectivity index (χ1n) is 9.37. The Morgan fingerprint density at radius 1 is 0.696 bits per heavy atom. The summed E-state index contributed by atoms with van der Waals surface area (Å²) in [5.41, 5.74) is 0. The molecule has 0 fully saturated rings. The summed E-state index contributed by atoms with van der Waals surface area (Å²) in [5, 5.41) is 0. The van der Waals surface area contributed by atoms with Gasteiger partial charge < -0.3 is 9.47 Å². The Morgan fingerprint density at radius 2 is 1.13 bits per heavy atom. The van der Waals surface area contributed by atoms with Crippen molar-refractivity contribution in [3.63, 3.8) is 0 Å². The number of hydrogen-bond donors (Lipinski definition) is 0. The van der Waals surface area contributed by atoms with Crippen LogP contribution in [0.4, 0.5) is 0 Å². The fraction of sp³-hybridized carbons (Fsp3) is 0.714. The first kappa shape index (κ1) is 22.1. The van der Waals surface area contributed by atoms with Gasteiger partial charge in [-0.05, 0) is 58.8 Å². The van der Waals surface area contributed by atoms with Crippen LogP contribution in [0.5, 0.6) is 0 Å². The van der Waals surface area contributed by atoms with Crippen molar-refractivity contribution in [2.45, 2.75) is 84.8 Å². The van der Waals surface area contributed by atoms with Gasteiger partial charge in [0.2, 0.25) is 0 Å². The van der Waals surface area contributed by atoms with Crippen LogP contribution in [-0.4, -0.2) is 19.0 Å². The summed E-state index contributed by atoms with van der Waals surface area (Å²) in [5.74, 6) is -0.428. The third-order valence-electron chi connectivity index (χ3n) is 3.56. The van der Waals surface area contributed by atoms with E-state index in [2.05, 4.69) is 64.2 Å². The fourth-order valence-electron chi connectivity index (χ4n) is 2.19. The molecule has 0 aliphatic rings. The number of ether oxygens (including phenoxy) is 2. The highest BCUT2D eigenvalue weighted by atomic mass is 16.7. The third kappa shape index (κ3) is 14.5. The van der Waals surface area contributed by atoms with Crippen molar-refractivity contribution in [2.24, 2.45) is 0 Å². The molecule has 0 bridgehead atoms. The van der Waals surface area contributed by atoms with Crippen LogP contribution in [0.25, 0.3) is 0 Å². The monoisotopic (exact) mass is 322 g/mol. The van der Waals surface area contributed by atoms with Gasteiger partial charge in [-0.15, -0.1) is 0 Å². The van der Waals surface area contributed by atoms with Crippen LogP contribution < -0.4 is 0 Å². The summed E-state index contributed by atoms with van der Waals surface area (Å²) >= 11 is 0. The molecule has 0 atom stereocenters. The van der Waals surface area contributed by atoms with Gasteiger partial charge in [0, 0.05) is 19.6 Å². The van der Waals surface area contributed by atoms with Crippen LogP contribution in [0.15, 0.2) is 36.5 Å². The lowest BCUT2D eigenvalue weighted by atomic mass is 10.1. The van der Waals surface area contributed by atoms with E-state index in [4.69, 9.17) is 9.47 Å². The Morgan fingerprint density at radius 3 is 1.57 bits per heavy atom. The number of rotatable bonds is 15. The summed E-state index contributed by atoms with van der Waals surface area (Å²) < 4.78 is 11.8. The molecule has 0 spiro atoms. The predicted octanol–water partition coefficient (Wildman–Crippen LogP) is 6.58. The molecule has 0 saturated carbocycles. The van der Waals surface area contributed by atoms with E-state index < -0.39 is 5.79 Å². The van der Waals surface area contributed by atoms with Gasteiger partial charge in [0.15, 0.2) is 5.79 Å². The maximum absolute atomic E-state index is 5.90. The van der Waals surface area contributed by atoms with Crippen LogP contribution in [0.1, 0.15) is 79.1 Å². The van der Waals surface area contributed by atoms with Crippen LogP contribution in [-0.2, 0) is 9.47 Å². The van der Waals surface area contributed by atoms with E-state index in [1.54, 1.807) is 0 Å². The molecule has 0 amide bonds. The van der Waals surface area contributed by atoms with E-state index in [-0.39, 0.29) is 0 Å². The van der Waals surface area contributed by atoms with Crippen LogP contribution in [0.3, 0.4) is 0 Å². The second kappa shape index (κ2) is 16.0. The van der Waals surface area contributed by atoms with E-state index in [0.717, 1.165) is 64.6 Å². The molecule has 0 rings (SSSR count). The molecule has 2 nitrogen and oxygen atoms in total. The summed E-state index contributed by atoms with van der Waals surface area (Å²) in [6.07, 6.45) is 21.9. The molecule has 0 radical (unpaired) electrons. The van der Waals surface area contributed by atoms with Crippen molar-refractivity contribution >= 4 is 0 Å². The standard InChI is InChI=1S/C21H38O2/c1-5-8-9-10-11-12-13-14-15-16-17-18-21(4,22-19-6-2)23-20-7-3/h5,8,11-12,15-16H,6-7,9-10,13-14,17-20H2,1-4H3/b8-5+,12-11+,16-15+. The van der Waals surface area contributed by atoms with Crippen LogP contribution in [0, 0.1) is 0 Å². The first-order valence-corrected chi connectivity index (χ1v) is 9.37. The van der Waals surface area contributed by atoms with E-state index in [1.807, 2.05) is 0 Å². The number of unbranched alkanes of at least 4 members (excludes halogenated alkanes) is 2. The largest absolute Gasteiger partial charge is 0.350 e. The molecule has 134 valence electrons. The van der Waals surface area contributed by atoms with Crippen molar-refractivity contribution in [2.75, 3.05) is 13.2 Å². The maximum atomic E-state index is 5.90. The van der Waals surface area contributed by atoms with E-state index >= 15 is 0 Å². The molecular formula is C21H38O2. The maximum Gasteiger partial charge on any atom is 0.165 e. The third-order valence-corrected chi connectivity index (χ3v) is 3.56. The SMILES string of the molecule is C/C=C/CC/C=C/CC/C=C/CCC(C)(OCCC)OCCC. The number of allylic oxidation sites excluding steroid dienone is 6. The molecule has 2 heteroatoms. The zero-order valence-electron chi connectivity index (χ0n) is 15.9. The average molecular weight is 323 g/mol. The predicted molar refractivity (Wildman–Crippen MR) is 102 cm³/mol. The normalized spacial score (nSPS) is 13.0. The molecule has 23 heavy (non-hydrogen) atoms. The van der Waals surface area contributed by atoms with Crippen molar-refractivity contribution < 1.29 is 9.47 Å². The summed E-state index contributed by atoms with van der Waals surface area (Å²) in [4.78, 5) is 0. The molecule has 0 aromatic carbocycles. The zero-order chi connectivity index (χ0) is 17.2. The average Bonchev–Trinajstić information content (AvgIpc) is 2.56. The quantitative estimate of drug-likeness (QED) is 0.192. The molecular weight excluding hydrogens is 284 g/mol. The van der Waals surface area contributed by atoms with Gasteiger partial charge in [0.1, 0.15) is 0 Å². The molecule has 0 aromatic heterocycles. The Balaban J connectivity index is 3.85. The van der Waals surface area contributed by atoms with Gasteiger partial charge in [0.05, 0.1) is 0 Å². The van der Waals surface area contributed by atoms with E-state index in [0.29, 0.717) is 0 Å². The summed E-state index contributed by atoms with van der Waals surface area (Å²) in [6.45, 7) is 9.93. The molecule has 0 saturated heterocycles. The highest BCUT2D eigenvalue weighted by Gasteiger charge is 2.24. The molecule has 0 aliphatic heterocycles. The van der Waals surface area contributed by atoms with E-state index in [9.17, 15) is 0 Å². The molecule has 0 heterocycles. The van der Waals surface area contributed by atoms with Crippen LogP contribution >= 0.6 is 0 Å². The van der Waals surface area contributed by atoms with Gasteiger partial charge in [-0.1, -0.05) is 50.3 Å². The first-order chi connectivity index (χ1) is 11.2. The highest BCUT2D eigenvalue weighted by Crippen LogP contribution is 2.20. The summed E-state index contributed by atoms with van der Waals surface area (Å²) in [6, 6.07) is 0. The minimum absolute atomic E-state index is 0.428. The molecule has 0 unspecified atom stereocenters. The molecule has 0 N–H and O–H groups in total. The van der Waals surface area contributed by atoms with Crippen molar-refractivity contribution in [1.29, 1.82) is 0 Å². The minimum atomic E-state index is -0.428. The second-order valence-corrected chi connectivity index (χ2v) is 6.04. The van der Waals surface area contributed by atoms with Crippen molar-refractivity contribution in [3.05, 3.63) is 36.5 Å². The fourth-order valence-corrected chi connectivity index (χ4v) is 2.19. The second-order valence-electron chi connectivity index (χ2n) is 6.04.